The second-order valence-electron chi connectivity index (χ2n) is 8.05. The zero-order chi connectivity index (χ0) is 21.8. The fraction of sp³-hybridized carbons (Fsp3) is 0.333. The zero-order valence-electron chi connectivity index (χ0n) is 18.1. The number of benzene rings is 2. The van der Waals surface area contributed by atoms with Crippen LogP contribution in [0.25, 0.3) is 10.9 Å². The van der Waals surface area contributed by atoms with Gasteiger partial charge in [0.15, 0.2) is 6.61 Å². The lowest BCUT2D eigenvalue weighted by Crippen LogP contribution is -2.34. The van der Waals surface area contributed by atoms with Crippen molar-refractivity contribution in [2.75, 3.05) is 6.61 Å². The summed E-state index contributed by atoms with van der Waals surface area (Å²) in [5.74, 6) is 0.617. The van der Waals surface area contributed by atoms with Crippen LogP contribution in [0.1, 0.15) is 43.9 Å². The van der Waals surface area contributed by atoms with Gasteiger partial charge in [-0.15, -0.1) is 0 Å². The molecule has 2 heterocycles. The maximum atomic E-state index is 11.9. The van der Waals surface area contributed by atoms with Crippen LogP contribution in [0.3, 0.4) is 0 Å². The van der Waals surface area contributed by atoms with Crippen molar-refractivity contribution < 1.29 is 9.53 Å². The Labute approximate surface area is 181 Å². The number of aromatic nitrogens is 2. The lowest BCUT2D eigenvalue weighted by Gasteiger charge is -2.13. The van der Waals surface area contributed by atoms with Gasteiger partial charge >= 0.3 is 0 Å². The summed E-state index contributed by atoms with van der Waals surface area (Å²) >= 11 is 0. The first kappa shape index (κ1) is 20.8. The van der Waals surface area contributed by atoms with E-state index in [1.165, 1.54) is 5.56 Å². The first-order valence-corrected chi connectivity index (χ1v) is 10.6. The molecule has 0 saturated carbocycles. The van der Waals surface area contributed by atoms with Gasteiger partial charge in [0.1, 0.15) is 5.75 Å². The molecular formula is C24H27N5O2. The van der Waals surface area contributed by atoms with E-state index in [-0.39, 0.29) is 18.6 Å². The van der Waals surface area contributed by atoms with Gasteiger partial charge in [0.25, 0.3) is 5.91 Å². The molecule has 0 aliphatic carbocycles. The summed E-state index contributed by atoms with van der Waals surface area (Å²) in [7, 11) is 0. The van der Waals surface area contributed by atoms with Crippen molar-refractivity contribution in [2.45, 2.75) is 46.1 Å². The summed E-state index contributed by atoms with van der Waals surface area (Å²) in [5.41, 5.74) is 6.32. The second kappa shape index (κ2) is 9.12. The number of amides is 1. The van der Waals surface area contributed by atoms with Gasteiger partial charge in [0.2, 0.25) is 0 Å². The maximum Gasteiger partial charge on any atom is 0.258 e. The molecule has 0 radical (unpaired) electrons. The van der Waals surface area contributed by atoms with E-state index in [2.05, 4.69) is 50.8 Å². The van der Waals surface area contributed by atoms with E-state index in [0.717, 1.165) is 58.5 Å². The summed E-state index contributed by atoms with van der Waals surface area (Å²) in [4.78, 5) is 11.9. The maximum absolute atomic E-state index is 11.9. The van der Waals surface area contributed by atoms with E-state index in [0.29, 0.717) is 0 Å². The third-order valence-corrected chi connectivity index (χ3v) is 5.18. The van der Waals surface area contributed by atoms with Crippen LogP contribution < -0.4 is 10.1 Å². The molecule has 0 spiro atoms. The highest BCUT2D eigenvalue weighted by Gasteiger charge is 2.17. The van der Waals surface area contributed by atoms with E-state index < -0.39 is 0 Å². The Morgan fingerprint density at radius 3 is 2.87 bits per heavy atom. The Morgan fingerprint density at radius 2 is 2.06 bits per heavy atom. The van der Waals surface area contributed by atoms with E-state index in [1.54, 1.807) is 0 Å². The number of ether oxygens (including phenoxy) is 1. The van der Waals surface area contributed by atoms with Gasteiger partial charge in [0, 0.05) is 24.3 Å². The lowest BCUT2D eigenvalue weighted by molar-refractivity contribution is -0.123. The monoisotopic (exact) mass is 417 g/mol. The number of nitrogens with zero attached hydrogens (tertiary/aromatic N) is 3. The first-order valence-electron chi connectivity index (χ1n) is 10.6. The van der Waals surface area contributed by atoms with E-state index in [1.807, 2.05) is 38.2 Å². The summed E-state index contributed by atoms with van der Waals surface area (Å²) in [5, 5.41) is 19.8. The predicted molar refractivity (Wildman–Crippen MR) is 123 cm³/mol. The van der Waals surface area contributed by atoms with Crippen LogP contribution in [0.2, 0.25) is 0 Å². The standard InChI is InChI=1S/C24H27N5O2/c1-4-17-11-18(6-8-23(17)31-14-24(30)26-15(2)3)22-12-20(27-29-22)10-16-5-7-21-19(9-16)13-25-28-21/h5-9,11,13,15H,4,10,12,14H2,1-3H3,(H,25,28)(H,26,30). The highest BCUT2D eigenvalue weighted by atomic mass is 16.5. The number of aryl methyl sites for hydroxylation is 1. The van der Waals surface area contributed by atoms with Crippen LogP contribution in [0.5, 0.6) is 5.75 Å². The van der Waals surface area contributed by atoms with Crippen molar-refractivity contribution in [3.05, 3.63) is 59.3 Å². The van der Waals surface area contributed by atoms with Gasteiger partial charge < -0.3 is 10.1 Å². The Kier molecular flexibility index (Phi) is 6.11. The van der Waals surface area contributed by atoms with Crippen molar-refractivity contribution in [3.8, 4) is 5.75 Å². The predicted octanol–water partition coefficient (Wildman–Crippen LogP) is 3.82. The SMILES string of the molecule is CCc1cc(C2=NN=C(Cc3ccc4[nH]ncc4c3)C2)ccc1OCC(=O)NC(C)C. The number of carbonyl (C=O) groups is 1. The topological polar surface area (TPSA) is 91.7 Å². The molecule has 0 saturated heterocycles. The molecule has 4 rings (SSSR count). The molecule has 31 heavy (non-hydrogen) atoms. The molecule has 7 nitrogen and oxygen atoms in total. The second-order valence-corrected chi connectivity index (χ2v) is 8.05. The lowest BCUT2D eigenvalue weighted by atomic mass is 9.98. The van der Waals surface area contributed by atoms with Crippen LogP contribution in [-0.4, -0.2) is 40.2 Å². The van der Waals surface area contributed by atoms with Gasteiger partial charge in [0.05, 0.1) is 23.1 Å². The number of carbonyl (C=O) groups excluding carboxylic acids is 1. The minimum Gasteiger partial charge on any atom is -0.483 e. The highest BCUT2D eigenvalue weighted by Crippen LogP contribution is 2.24. The van der Waals surface area contributed by atoms with E-state index >= 15 is 0 Å². The van der Waals surface area contributed by atoms with Crippen LogP contribution in [0, 0.1) is 0 Å². The molecule has 0 bridgehead atoms. The number of hydrogen-bond donors (Lipinski definition) is 2. The summed E-state index contributed by atoms with van der Waals surface area (Å²) in [6.07, 6.45) is 4.13. The molecule has 1 aromatic heterocycles. The average molecular weight is 418 g/mol. The minimum absolute atomic E-state index is 0.0136. The molecule has 0 fully saturated rings. The van der Waals surface area contributed by atoms with Crippen molar-refractivity contribution in [1.29, 1.82) is 0 Å². The fourth-order valence-electron chi connectivity index (χ4n) is 3.67. The normalized spacial score (nSPS) is 13.4. The molecule has 1 aliphatic rings. The van der Waals surface area contributed by atoms with Gasteiger partial charge in [-0.25, -0.2) is 0 Å². The summed E-state index contributed by atoms with van der Waals surface area (Å²) in [6, 6.07) is 12.4. The van der Waals surface area contributed by atoms with Gasteiger partial charge in [-0.3, -0.25) is 9.89 Å². The minimum atomic E-state index is -0.118. The first-order chi connectivity index (χ1) is 15.0. The van der Waals surface area contributed by atoms with Crippen molar-refractivity contribution in [2.24, 2.45) is 10.2 Å². The molecule has 160 valence electrons. The van der Waals surface area contributed by atoms with Gasteiger partial charge in [-0.2, -0.15) is 15.3 Å². The molecular weight excluding hydrogens is 390 g/mol. The quantitative estimate of drug-likeness (QED) is 0.584. The number of rotatable bonds is 8. The molecule has 7 heteroatoms. The number of H-pyrrole nitrogens is 1. The molecule has 3 aromatic rings. The molecule has 0 unspecified atom stereocenters. The Bertz CT molecular complexity index is 1160. The van der Waals surface area contributed by atoms with E-state index in [9.17, 15) is 4.79 Å². The largest absolute Gasteiger partial charge is 0.483 e. The number of aromatic amines is 1. The Balaban J connectivity index is 1.39. The summed E-state index contributed by atoms with van der Waals surface area (Å²) < 4.78 is 5.75. The van der Waals surface area contributed by atoms with Crippen LogP contribution in [0.15, 0.2) is 52.8 Å². The van der Waals surface area contributed by atoms with Gasteiger partial charge in [-0.1, -0.05) is 13.0 Å². The van der Waals surface area contributed by atoms with Crippen LogP contribution in [0.4, 0.5) is 0 Å². The fourth-order valence-corrected chi connectivity index (χ4v) is 3.67. The Hall–Kier alpha value is -3.48. The number of fused-ring (bicyclic) bond motifs is 1. The smallest absolute Gasteiger partial charge is 0.258 e. The summed E-state index contributed by atoms with van der Waals surface area (Å²) in [6.45, 7) is 5.95. The Morgan fingerprint density at radius 1 is 1.19 bits per heavy atom. The zero-order valence-corrected chi connectivity index (χ0v) is 18.1. The van der Waals surface area contributed by atoms with Crippen LogP contribution in [-0.2, 0) is 17.6 Å². The number of nitrogens with one attached hydrogen (secondary N) is 2. The molecule has 2 aromatic carbocycles. The molecule has 2 N–H and O–H groups in total. The van der Waals surface area contributed by atoms with Gasteiger partial charge in [-0.05, 0) is 67.3 Å². The van der Waals surface area contributed by atoms with Crippen molar-refractivity contribution in [3.63, 3.8) is 0 Å². The third-order valence-electron chi connectivity index (χ3n) is 5.18. The third kappa shape index (κ3) is 4.99. The van der Waals surface area contributed by atoms with Crippen molar-refractivity contribution >= 4 is 28.2 Å². The van der Waals surface area contributed by atoms with Crippen LogP contribution >= 0.6 is 0 Å². The number of hydrogen-bond acceptors (Lipinski definition) is 5. The highest BCUT2D eigenvalue weighted by molar-refractivity contribution is 6.15. The van der Waals surface area contributed by atoms with E-state index in [4.69, 9.17) is 4.74 Å². The molecule has 1 amide bonds. The molecule has 1 aliphatic heterocycles. The molecule has 0 atom stereocenters. The van der Waals surface area contributed by atoms with Crippen molar-refractivity contribution in [1.82, 2.24) is 15.5 Å². The average Bonchev–Trinajstić information content (AvgIpc) is 3.41.